The Labute approximate surface area is 204 Å². The van der Waals surface area contributed by atoms with Crippen LogP contribution in [0.3, 0.4) is 0 Å². The lowest BCUT2D eigenvalue weighted by molar-refractivity contribution is 0.0787. The van der Waals surface area contributed by atoms with Gasteiger partial charge in [-0.1, -0.05) is 17.3 Å². The van der Waals surface area contributed by atoms with Crippen LogP contribution in [-0.4, -0.2) is 53.9 Å². The number of nitrogens with zero attached hydrogens (tertiary/aromatic N) is 4. The highest BCUT2D eigenvalue weighted by Crippen LogP contribution is 2.34. The summed E-state index contributed by atoms with van der Waals surface area (Å²) in [6, 6.07) is 12.0. The van der Waals surface area contributed by atoms with Crippen molar-refractivity contribution >= 4 is 11.6 Å². The lowest BCUT2D eigenvalue weighted by Gasteiger charge is -2.40. The summed E-state index contributed by atoms with van der Waals surface area (Å²) in [5, 5.41) is 6.89. The van der Waals surface area contributed by atoms with Crippen molar-refractivity contribution in [2.75, 3.05) is 31.7 Å². The highest BCUT2D eigenvalue weighted by molar-refractivity contribution is 5.93. The van der Waals surface area contributed by atoms with E-state index < -0.39 is 5.54 Å². The molecule has 1 N–H and O–H groups in total. The predicted molar refractivity (Wildman–Crippen MR) is 130 cm³/mol. The summed E-state index contributed by atoms with van der Waals surface area (Å²) in [5.41, 5.74) is 2.46. The van der Waals surface area contributed by atoms with E-state index in [-0.39, 0.29) is 11.6 Å². The molecule has 0 atom stereocenters. The first kappa shape index (κ1) is 23.3. The molecule has 184 valence electrons. The molecule has 0 spiro atoms. The van der Waals surface area contributed by atoms with Gasteiger partial charge in [-0.05, 0) is 62.4 Å². The van der Waals surface area contributed by atoms with E-state index in [1.54, 1.807) is 20.1 Å². The maximum Gasteiger partial charge on any atom is 0.270 e. The molecule has 0 unspecified atom stereocenters. The van der Waals surface area contributed by atoms with Gasteiger partial charge in [0.05, 0.1) is 18.2 Å². The van der Waals surface area contributed by atoms with Gasteiger partial charge < -0.3 is 24.2 Å². The van der Waals surface area contributed by atoms with Gasteiger partial charge in [0.1, 0.15) is 5.69 Å². The van der Waals surface area contributed by atoms with Gasteiger partial charge in [0, 0.05) is 38.4 Å². The predicted octanol–water partition coefficient (Wildman–Crippen LogP) is 3.73. The fraction of sp³-hybridized carbons (Fsp3) is 0.462. The number of ether oxygens (including phenoxy) is 2. The van der Waals surface area contributed by atoms with E-state index in [1.807, 2.05) is 19.9 Å². The van der Waals surface area contributed by atoms with Gasteiger partial charge >= 0.3 is 0 Å². The Bertz CT molecular complexity index is 1200. The van der Waals surface area contributed by atoms with Crippen LogP contribution in [0.15, 0.2) is 40.9 Å². The molecule has 35 heavy (non-hydrogen) atoms. The molecule has 9 nitrogen and oxygen atoms in total. The number of rotatable bonds is 9. The average Bonchev–Trinajstić information content (AvgIpc) is 3.54. The van der Waals surface area contributed by atoms with E-state index in [1.165, 1.54) is 12.8 Å². The molecule has 2 aromatic heterocycles. The van der Waals surface area contributed by atoms with E-state index in [9.17, 15) is 4.79 Å². The number of anilines is 1. The second-order valence-corrected chi connectivity index (χ2v) is 9.83. The second-order valence-electron chi connectivity index (χ2n) is 9.83. The minimum Gasteiger partial charge on any atom is -0.477 e. The van der Waals surface area contributed by atoms with Gasteiger partial charge in [-0.15, -0.1) is 0 Å². The van der Waals surface area contributed by atoms with Crippen molar-refractivity contribution in [2.45, 2.75) is 45.3 Å². The molecular weight excluding hydrogens is 446 g/mol. The lowest BCUT2D eigenvalue weighted by Crippen LogP contribution is -2.51. The number of benzene rings is 1. The first-order valence-corrected chi connectivity index (χ1v) is 12.0. The Hall–Kier alpha value is -3.46. The molecule has 3 aromatic rings. The maximum absolute atomic E-state index is 13.1. The number of carbonyl (C=O) groups excluding carboxylic acids is 1. The number of amides is 1. The van der Waals surface area contributed by atoms with Gasteiger partial charge in [-0.25, -0.2) is 4.98 Å². The smallest absolute Gasteiger partial charge is 0.270 e. The summed E-state index contributed by atoms with van der Waals surface area (Å²) in [5.74, 6) is 1.54. The fourth-order valence-electron chi connectivity index (χ4n) is 3.98. The van der Waals surface area contributed by atoms with Crippen molar-refractivity contribution in [3.63, 3.8) is 0 Å². The van der Waals surface area contributed by atoms with Gasteiger partial charge in [0.15, 0.2) is 5.82 Å². The zero-order valence-corrected chi connectivity index (χ0v) is 20.6. The lowest BCUT2D eigenvalue weighted by atomic mass is 10.0. The van der Waals surface area contributed by atoms with E-state index in [0.29, 0.717) is 36.2 Å². The van der Waals surface area contributed by atoms with E-state index in [0.717, 1.165) is 29.9 Å². The minimum atomic E-state index is -0.821. The molecule has 1 aliphatic heterocycles. The van der Waals surface area contributed by atoms with Gasteiger partial charge in [0.2, 0.25) is 11.8 Å². The van der Waals surface area contributed by atoms with Crippen LogP contribution in [0.2, 0.25) is 0 Å². The molecule has 1 saturated carbocycles. The Balaban J connectivity index is 1.36. The monoisotopic (exact) mass is 477 g/mol. The van der Waals surface area contributed by atoms with Crippen molar-refractivity contribution in [3.8, 4) is 17.0 Å². The molecule has 1 aliphatic carbocycles. The van der Waals surface area contributed by atoms with Crippen molar-refractivity contribution in [1.29, 1.82) is 0 Å². The highest BCUT2D eigenvalue weighted by atomic mass is 16.5. The average molecular weight is 478 g/mol. The maximum atomic E-state index is 13.1. The fourth-order valence-corrected chi connectivity index (χ4v) is 3.98. The van der Waals surface area contributed by atoms with Gasteiger partial charge in [0.25, 0.3) is 5.91 Å². The first-order valence-electron chi connectivity index (χ1n) is 12.0. The SMILES string of the molecule is COC1CN(c2ccc(-c3ccc(C(=O)NC(C)(C)c4noc(C)n4)nc3OCC3CC3)cc2)C1. The molecule has 2 aliphatic rings. The number of carbonyl (C=O) groups is 1. The summed E-state index contributed by atoms with van der Waals surface area (Å²) < 4.78 is 16.5. The highest BCUT2D eigenvalue weighted by Gasteiger charge is 2.30. The van der Waals surface area contributed by atoms with Crippen molar-refractivity contribution in [1.82, 2.24) is 20.4 Å². The van der Waals surface area contributed by atoms with Crippen LogP contribution in [0.4, 0.5) is 5.69 Å². The number of aromatic nitrogens is 3. The molecule has 2 fully saturated rings. The number of aryl methyl sites for hydroxylation is 1. The van der Waals surface area contributed by atoms with Gasteiger partial charge in [-0.2, -0.15) is 4.98 Å². The van der Waals surface area contributed by atoms with Crippen molar-refractivity contribution in [2.24, 2.45) is 5.92 Å². The minimum absolute atomic E-state index is 0.274. The van der Waals surface area contributed by atoms with Crippen LogP contribution in [0.5, 0.6) is 5.88 Å². The third-order valence-corrected chi connectivity index (χ3v) is 6.48. The molecule has 1 amide bonds. The summed E-state index contributed by atoms with van der Waals surface area (Å²) in [7, 11) is 1.75. The summed E-state index contributed by atoms with van der Waals surface area (Å²) in [6.45, 7) is 7.76. The number of nitrogens with one attached hydrogen (secondary N) is 1. The second kappa shape index (κ2) is 9.30. The van der Waals surface area contributed by atoms with Crippen LogP contribution >= 0.6 is 0 Å². The zero-order chi connectivity index (χ0) is 24.6. The Kier molecular flexibility index (Phi) is 6.19. The zero-order valence-electron chi connectivity index (χ0n) is 20.6. The quantitative estimate of drug-likeness (QED) is 0.497. The van der Waals surface area contributed by atoms with Crippen LogP contribution in [0.25, 0.3) is 11.1 Å². The molecule has 3 heterocycles. The van der Waals surface area contributed by atoms with E-state index in [2.05, 4.69) is 49.6 Å². The summed E-state index contributed by atoms with van der Waals surface area (Å²) >= 11 is 0. The van der Waals surface area contributed by atoms with Crippen molar-refractivity contribution < 1.29 is 18.8 Å². The molecule has 0 bridgehead atoms. The standard InChI is InChI=1S/C26H31N5O4/c1-16-27-25(30-35-16)26(2,3)29-23(32)22-12-11-21(24(28-22)34-15-17-5-6-17)18-7-9-19(10-8-18)31-13-20(14-31)33-4/h7-12,17,20H,5-6,13-15H2,1-4H3,(H,29,32). The Morgan fingerprint density at radius 2 is 1.89 bits per heavy atom. The number of hydrogen-bond acceptors (Lipinski definition) is 8. The van der Waals surface area contributed by atoms with Crippen LogP contribution in [0, 0.1) is 12.8 Å². The summed E-state index contributed by atoms with van der Waals surface area (Å²) in [6.07, 6.45) is 2.64. The van der Waals surface area contributed by atoms with Crippen LogP contribution in [-0.2, 0) is 10.3 Å². The Morgan fingerprint density at radius 1 is 1.14 bits per heavy atom. The third-order valence-electron chi connectivity index (χ3n) is 6.48. The topological polar surface area (TPSA) is 103 Å². The molecule has 0 radical (unpaired) electrons. The van der Waals surface area contributed by atoms with Gasteiger partial charge in [-0.3, -0.25) is 4.79 Å². The van der Waals surface area contributed by atoms with E-state index >= 15 is 0 Å². The third kappa shape index (κ3) is 5.14. The molecule has 1 saturated heterocycles. The largest absolute Gasteiger partial charge is 0.477 e. The molecule has 9 heteroatoms. The summed E-state index contributed by atoms with van der Waals surface area (Å²) in [4.78, 5) is 24.2. The van der Waals surface area contributed by atoms with Crippen molar-refractivity contribution in [3.05, 3.63) is 53.8 Å². The van der Waals surface area contributed by atoms with Crippen LogP contribution < -0.4 is 15.0 Å². The molecular formula is C26H31N5O4. The van der Waals surface area contributed by atoms with Crippen LogP contribution in [0.1, 0.15) is 48.9 Å². The molecule has 5 rings (SSSR count). The number of methoxy groups -OCH3 is 1. The number of hydrogen-bond donors (Lipinski definition) is 1. The first-order chi connectivity index (χ1) is 16.8. The Morgan fingerprint density at radius 3 is 2.51 bits per heavy atom. The normalized spacial score (nSPS) is 16.2. The molecule has 1 aromatic carbocycles. The van der Waals surface area contributed by atoms with E-state index in [4.69, 9.17) is 14.0 Å². The number of pyridine rings is 1.